The van der Waals surface area contributed by atoms with Gasteiger partial charge in [-0.15, -0.1) is 0 Å². The minimum absolute atomic E-state index is 0.250. The number of likely N-dealkylation sites (tertiary alicyclic amines) is 1. The van der Waals surface area contributed by atoms with E-state index < -0.39 is 0 Å². The summed E-state index contributed by atoms with van der Waals surface area (Å²) >= 11 is 5.92. The van der Waals surface area contributed by atoms with Gasteiger partial charge >= 0.3 is 0 Å². The molecule has 0 spiro atoms. The van der Waals surface area contributed by atoms with Gasteiger partial charge in [-0.2, -0.15) is 0 Å². The van der Waals surface area contributed by atoms with Crippen LogP contribution in [0.1, 0.15) is 11.1 Å². The zero-order chi connectivity index (χ0) is 17.4. The summed E-state index contributed by atoms with van der Waals surface area (Å²) in [6.07, 6.45) is 2.21. The lowest BCUT2D eigenvalue weighted by Gasteiger charge is -2.22. The Morgan fingerprint density at radius 3 is 2.48 bits per heavy atom. The van der Waals surface area contributed by atoms with Gasteiger partial charge in [0.1, 0.15) is 5.82 Å². The molecule has 3 heterocycles. The fourth-order valence-electron chi connectivity index (χ4n) is 4.02. The summed E-state index contributed by atoms with van der Waals surface area (Å²) in [7, 11) is 0. The van der Waals surface area contributed by atoms with Crippen LogP contribution in [0.4, 0.5) is 5.82 Å². The summed E-state index contributed by atoms with van der Waals surface area (Å²) in [5.74, 6) is 2.31. The summed E-state index contributed by atoms with van der Waals surface area (Å²) in [6.45, 7) is 5.72. The van der Waals surface area contributed by atoms with Crippen molar-refractivity contribution >= 4 is 23.3 Å². The van der Waals surface area contributed by atoms with E-state index in [2.05, 4.69) is 33.8 Å². The number of hydrogen-bond acceptors (Lipinski definition) is 3. The topological polar surface area (TPSA) is 36.4 Å². The lowest BCUT2D eigenvalue weighted by molar-refractivity contribution is -0.129. The van der Waals surface area contributed by atoms with Gasteiger partial charge in [0.15, 0.2) is 0 Å². The molecule has 0 N–H and O–H groups in total. The molecule has 4 nitrogen and oxygen atoms in total. The number of aromatic nitrogens is 1. The van der Waals surface area contributed by atoms with Crippen LogP contribution in [0.15, 0.2) is 42.6 Å². The average molecular weight is 356 g/mol. The highest BCUT2D eigenvalue weighted by atomic mass is 35.5. The quantitative estimate of drug-likeness (QED) is 0.848. The zero-order valence-electron chi connectivity index (χ0n) is 14.4. The summed E-state index contributed by atoms with van der Waals surface area (Å²) in [5.41, 5.74) is 2.33. The van der Waals surface area contributed by atoms with Crippen LogP contribution in [-0.4, -0.2) is 42.0 Å². The molecule has 0 radical (unpaired) electrons. The molecule has 2 aliphatic rings. The van der Waals surface area contributed by atoms with Crippen LogP contribution in [0.2, 0.25) is 5.02 Å². The normalized spacial score (nSPS) is 22.3. The molecule has 5 heteroatoms. The highest BCUT2D eigenvalue weighted by molar-refractivity contribution is 6.30. The van der Waals surface area contributed by atoms with E-state index >= 15 is 0 Å². The molecular weight excluding hydrogens is 334 g/mol. The van der Waals surface area contributed by atoms with Gasteiger partial charge in [0.2, 0.25) is 5.91 Å². The number of hydrogen-bond donors (Lipinski definition) is 0. The first-order valence-corrected chi connectivity index (χ1v) is 9.17. The van der Waals surface area contributed by atoms with Gasteiger partial charge in [-0.05, 0) is 30.2 Å². The first-order chi connectivity index (χ1) is 12.1. The first kappa shape index (κ1) is 16.4. The molecule has 0 saturated carbocycles. The number of carbonyl (C=O) groups excluding carboxylic acids is 1. The Bertz CT molecular complexity index is 763. The second kappa shape index (κ2) is 6.68. The van der Waals surface area contributed by atoms with E-state index in [1.54, 1.807) is 6.20 Å². The molecule has 4 rings (SSSR count). The van der Waals surface area contributed by atoms with Gasteiger partial charge in [0.25, 0.3) is 0 Å². The third-order valence-corrected chi connectivity index (χ3v) is 5.70. The largest absolute Gasteiger partial charge is 0.356 e. The molecule has 2 aliphatic heterocycles. The maximum Gasteiger partial charge on any atom is 0.227 e. The van der Waals surface area contributed by atoms with Gasteiger partial charge in [-0.1, -0.05) is 35.9 Å². The molecule has 2 saturated heterocycles. The minimum Gasteiger partial charge on any atom is -0.356 e. The maximum absolute atomic E-state index is 12.7. The number of anilines is 1. The van der Waals surface area contributed by atoms with Crippen LogP contribution in [-0.2, 0) is 11.2 Å². The zero-order valence-corrected chi connectivity index (χ0v) is 15.1. The smallest absolute Gasteiger partial charge is 0.227 e. The summed E-state index contributed by atoms with van der Waals surface area (Å²) in [5, 5.41) is 0.663. The van der Waals surface area contributed by atoms with Gasteiger partial charge < -0.3 is 9.80 Å². The van der Waals surface area contributed by atoms with Gasteiger partial charge in [0.05, 0.1) is 11.4 Å². The first-order valence-electron chi connectivity index (χ1n) is 8.79. The van der Waals surface area contributed by atoms with Crippen LogP contribution in [0.5, 0.6) is 0 Å². The van der Waals surface area contributed by atoms with Crippen LogP contribution in [0.25, 0.3) is 0 Å². The average Bonchev–Trinajstić information content (AvgIpc) is 3.16. The molecule has 0 bridgehead atoms. The third-order valence-electron chi connectivity index (χ3n) is 5.48. The molecule has 2 unspecified atom stereocenters. The van der Waals surface area contributed by atoms with E-state index in [0.717, 1.165) is 37.6 Å². The molecule has 1 amide bonds. The van der Waals surface area contributed by atoms with Gasteiger partial charge in [-0.3, -0.25) is 4.79 Å². The van der Waals surface area contributed by atoms with Gasteiger partial charge in [0, 0.05) is 44.2 Å². The number of fused-ring (bicyclic) bond motifs is 1. The van der Waals surface area contributed by atoms with Crippen molar-refractivity contribution in [1.29, 1.82) is 0 Å². The van der Waals surface area contributed by atoms with E-state index in [1.165, 1.54) is 5.56 Å². The third kappa shape index (κ3) is 3.36. The van der Waals surface area contributed by atoms with Crippen molar-refractivity contribution in [2.75, 3.05) is 31.1 Å². The number of carbonyl (C=O) groups is 1. The number of amides is 1. The predicted octanol–water partition coefficient (Wildman–Crippen LogP) is 3.18. The van der Waals surface area contributed by atoms with E-state index in [1.807, 2.05) is 24.3 Å². The Morgan fingerprint density at radius 2 is 1.84 bits per heavy atom. The fraction of sp³-hybridized carbons (Fsp3) is 0.400. The molecule has 0 aliphatic carbocycles. The van der Waals surface area contributed by atoms with Crippen LogP contribution < -0.4 is 4.90 Å². The Balaban J connectivity index is 1.37. The summed E-state index contributed by atoms with van der Waals surface area (Å²) < 4.78 is 0. The standard InChI is InChI=1S/C20H22ClN3O/c1-14-4-2-3-5-15(14)8-20(25)24-12-16-10-23(11-17(16)13-24)19-7-6-18(21)9-22-19/h2-7,9,16-17H,8,10-13H2,1H3. The molecule has 2 atom stereocenters. The molecule has 1 aromatic carbocycles. The molecule has 130 valence electrons. The second-order valence-corrected chi connectivity index (χ2v) is 7.60. The van der Waals surface area contributed by atoms with Crippen molar-refractivity contribution in [1.82, 2.24) is 9.88 Å². The Morgan fingerprint density at radius 1 is 1.12 bits per heavy atom. The minimum atomic E-state index is 0.250. The molecular formula is C20H22ClN3O. The van der Waals surface area contributed by atoms with Crippen LogP contribution in [0.3, 0.4) is 0 Å². The Labute approximate surface area is 153 Å². The van der Waals surface area contributed by atoms with Crippen molar-refractivity contribution in [2.24, 2.45) is 11.8 Å². The number of pyridine rings is 1. The van der Waals surface area contributed by atoms with Gasteiger partial charge in [-0.25, -0.2) is 4.98 Å². The molecule has 2 fully saturated rings. The number of halogens is 1. The van der Waals surface area contributed by atoms with Crippen molar-refractivity contribution in [3.05, 3.63) is 58.7 Å². The SMILES string of the molecule is Cc1ccccc1CC(=O)N1CC2CN(c3ccc(Cl)cn3)CC2C1. The lowest BCUT2D eigenvalue weighted by atomic mass is 10.0. The van der Waals surface area contributed by atoms with E-state index in [0.29, 0.717) is 23.3 Å². The van der Waals surface area contributed by atoms with E-state index in [-0.39, 0.29) is 5.91 Å². The maximum atomic E-state index is 12.7. The molecule has 2 aromatic rings. The summed E-state index contributed by atoms with van der Waals surface area (Å²) in [4.78, 5) is 21.5. The number of aryl methyl sites for hydroxylation is 1. The lowest BCUT2D eigenvalue weighted by Crippen LogP contribution is -2.34. The molecule has 1 aromatic heterocycles. The number of benzene rings is 1. The monoisotopic (exact) mass is 355 g/mol. The van der Waals surface area contributed by atoms with Crippen molar-refractivity contribution in [2.45, 2.75) is 13.3 Å². The number of rotatable bonds is 3. The van der Waals surface area contributed by atoms with Crippen molar-refractivity contribution in [3.8, 4) is 0 Å². The summed E-state index contributed by atoms with van der Waals surface area (Å²) in [6, 6.07) is 12.0. The number of nitrogens with zero attached hydrogens (tertiary/aromatic N) is 3. The van der Waals surface area contributed by atoms with E-state index in [4.69, 9.17) is 11.6 Å². The highest BCUT2D eigenvalue weighted by Gasteiger charge is 2.41. The second-order valence-electron chi connectivity index (χ2n) is 7.16. The predicted molar refractivity (Wildman–Crippen MR) is 99.9 cm³/mol. The Hall–Kier alpha value is -2.07. The fourth-order valence-corrected chi connectivity index (χ4v) is 4.13. The molecule has 25 heavy (non-hydrogen) atoms. The van der Waals surface area contributed by atoms with E-state index in [9.17, 15) is 4.79 Å². The highest BCUT2D eigenvalue weighted by Crippen LogP contribution is 2.33. The van der Waals surface area contributed by atoms with Crippen LogP contribution in [0, 0.1) is 18.8 Å². The van der Waals surface area contributed by atoms with Crippen molar-refractivity contribution in [3.63, 3.8) is 0 Å². The van der Waals surface area contributed by atoms with Crippen molar-refractivity contribution < 1.29 is 4.79 Å². The Kier molecular flexibility index (Phi) is 4.38. The van der Waals surface area contributed by atoms with Crippen LogP contribution >= 0.6 is 11.6 Å².